The summed E-state index contributed by atoms with van der Waals surface area (Å²) in [6, 6.07) is 0. The highest BCUT2D eigenvalue weighted by atomic mass is 32.2. The number of hydrogen-bond donors (Lipinski definition) is 0. The monoisotopic (exact) mass is 276 g/mol. The maximum Gasteiger partial charge on any atom is 0.333 e. The van der Waals surface area contributed by atoms with Gasteiger partial charge in [-0.15, -0.1) is 23.5 Å². The van der Waals surface area contributed by atoms with Crippen LogP contribution in [-0.4, -0.2) is 27.7 Å². The molecule has 0 aromatic carbocycles. The Hall–Kier alpha value is -0.0900. The molecule has 1 saturated heterocycles. The van der Waals surface area contributed by atoms with Gasteiger partial charge in [-0.2, -0.15) is 0 Å². The van der Waals surface area contributed by atoms with Crippen molar-refractivity contribution in [3.05, 3.63) is 12.2 Å². The van der Waals surface area contributed by atoms with Gasteiger partial charge in [-0.25, -0.2) is 4.79 Å². The minimum atomic E-state index is -0.254. The predicted molar refractivity (Wildman–Crippen MR) is 79.6 cm³/mol. The summed E-state index contributed by atoms with van der Waals surface area (Å²) in [5.41, 5.74) is 0.491. The first-order chi connectivity index (χ1) is 7.66. The van der Waals surface area contributed by atoms with Gasteiger partial charge in [-0.1, -0.05) is 26.8 Å². The zero-order chi connectivity index (χ0) is 11.5. The summed E-state index contributed by atoms with van der Waals surface area (Å²) in [6.45, 7) is 5.81. The zero-order valence-electron chi connectivity index (χ0n) is 9.61. The molecule has 0 radical (unpaired) electrons. The van der Waals surface area contributed by atoms with Crippen LogP contribution in [0.2, 0.25) is 0 Å². The zero-order valence-corrected chi connectivity index (χ0v) is 11.2. The number of thioether (sulfide) groups is 2. The molecule has 2 fully saturated rings. The summed E-state index contributed by atoms with van der Waals surface area (Å²) in [5.74, 6) is -0.254. The van der Waals surface area contributed by atoms with Crippen LogP contribution in [0.3, 0.4) is 0 Å². The number of carbonyl (C=O) groups excluding carboxylic acids is 1. The van der Waals surface area contributed by atoms with Crippen molar-refractivity contribution in [1.29, 1.82) is 0 Å². The number of esters is 1. The third kappa shape index (κ3) is 3.95. The second-order valence-electron chi connectivity index (χ2n) is 4.44. The molecule has 1 heterocycles. The van der Waals surface area contributed by atoms with Crippen molar-refractivity contribution in [1.82, 2.24) is 0 Å². The molecule has 4 heteroatoms. The van der Waals surface area contributed by atoms with Crippen molar-refractivity contribution in [3.8, 4) is 0 Å². The average molecular weight is 276 g/mol. The van der Waals surface area contributed by atoms with E-state index < -0.39 is 0 Å². The van der Waals surface area contributed by atoms with E-state index in [4.69, 9.17) is 4.74 Å². The lowest BCUT2D eigenvalue weighted by molar-refractivity contribution is -0.138. The predicted octanol–water partition coefficient (Wildman–Crippen LogP) is 4.11. The molecule has 100 valence electrons. The van der Waals surface area contributed by atoms with Crippen molar-refractivity contribution in [2.45, 2.75) is 55.1 Å². The lowest BCUT2D eigenvalue weighted by Crippen LogP contribution is -2.19. The highest BCUT2D eigenvalue weighted by Gasteiger charge is 2.37. The van der Waals surface area contributed by atoms with Crippen LogP contribution in [0.1, 0.15) is 41.5 Å². The van der Waals surface area contributed by atoms with Gasteiger partial charge in [-0.3, -0.25) is 0 Å². The summed E-state index contributed by atoms with van der Waals surface area (Å²) in [6.07, 6.45) is 5.42. The van der Waals surface area contributed by atoms with Crippen LogP contribution in [0, 0.1) is 0 Å². The second kappa shape index (κ2) is 6.74. The van der Waals surface area contributed by atoms with Gasteiger partial charge in [0.2, 0.25) is 0 Å². The van der Waals surface area contributed by atoms with Crippen LogP contribution in [0.5, 0.6) is 0 Å². The van der Waals surface area contributed by atoms with Crippen LogP contribution < -0.4 is 0 Å². The molecule has 2 aliphatic rings. The van der Waals surface area contributed by atoms with Gasteiger partial charge in [0, 0.05) is 17.5 Å². The van der Waals surface area contributed by atoms with E-state index in [0.717, 1.165) is 10.5 Å². The van der Waals surface area contributed by atoms with Crippen LogP contribution in [0.25, 0.3) is 0 Å². The quantitative estimate of drug-likeness (QED) is 0.572. The lowest BCUT2D eigenvalue weighted by atomic mass is 10.00. The molecule has 2 atom stereocenters. The van der Waals surface area contributed by atoms with Crippen molar-refractivity contribution in [2.75, 3.05) is 6.61 Å². The van der Waals surface area contributed by atoms with Crippen molar-refractivity contribution in [2.24, 2.45) is 0 Å². The van der Waals surface area contributed by atoms with Gasteiger partial charge in [0.25, 0.3) is 0 Å². The van der Waals surface area contributed by atoms with E-state index in [-0.39, 0.29) is 14.8 Å². The molecule has 2 unspecified atom stereocenters. The maximum atomic E-state index is 11.3. The summed E-state index contributed by atoms with van der Waals surface area (Å²) < 4.78 is 5.65. The Balaban J connectivity index is 0.00000144. The molecular formula is C13H24O2S2. The summed E-state index contributed by atoms with van der Waals surface area (Å²) in [5, 5.41) is 1.60. The van der Waals surface area contributed by atoms with Gasteiger partial charge in [0.1, 0.15) is 6.61 Å². The second-order valence-corrected chi connectivity index (χ2v) is 7.63. The highest BCUT2D eigenvalue weighted by molar-refractivity contribution is 8.20. The molecule has 2 nitrogen and oxygen atoms in total. The summed E-state index contributed by atoms with van der Waals surface area (Å²) in [4.78, 5) is 11.3. The van der Waals surface area contributed by atoms with Gasteiger partial charge < -0.3 is 4.74 Å². The van der Waals surface area contributed by atoms with E-state index in [1.54, 1.807) is 6.92 Å². The van der Waals surface area contributed by atoms with E-state index in [1.165, 1.54) is 25.7 Å². The van der Waals surface area contributed by atoms with Crippen molar-refractivity contribution < 1.29 is 11.0 Å². The fourth-order valence-corrected chi connectivity index (χ4v) is 5.94. The van der Waals surface area contributed by atoms with Gasteiger partial charge in [0.15, 0.2) is 0 Å². The smallest absolute Gasteiger partial charge is 0.333 e. The standard InChI is InChI=1S/C12H18O2S2.CH4.H2/c1-8(2)12(13)14-7-11-15-9-5-3-4-6-10(9)16-11;;/h9-11H,1,3-7H2,2H3;1H4;1H. The summed E-state index contributed by atoms with van der Waals surface area (Å²) in [7, 11) is 0. The highest BCUT2D eigenvalue weighted by Crippen LogP contribution is 2.49. The minimum absolute atomic E-state index is 0. The number of rotatable bonds is 3. The van der Waals surface area contributed by atoms with Crippen LogP contribution >= 0.6 is 23.5 Å². The molecular weight excluding hydrogens is 252 g/mol. The number of carbonyl (C=O) groups is 1. The Morgan fingerprint density at radius 2 is 1.88 bits per heavy atom. The first-order valence-electron chi connectivity index (χ1n) is 5.80. The third-order valence-corrected chi connectivity index (χ3v) is 6.54. The Morgan fingerprint density at radius 3 is 2.35 bits per heavy atom. The summed E-state index contributed by atoms with van der Waals surface area (Å²) >= 11 is 4.01. The Kier molecular flexibility index (Phi) is 5.93. The van der Waals surface area contributed by atoms with Crippen molar-refractivity contribution in [3.63, 3.8) is 0 Å². The van der Waals surface area contributed by atoms with Crippen LogP contribution in [0.4, 0.5) is 0 Å². The SMILES string of the molecule is C.C=C(C)C(=O)OCC1SC2CCCCC2S1.[HH]. The van der Waals surface area contributed by atoms with Crippen LogP contribution in [-0.2, 0) is 9.53 Å². The molecule has 1 saturated carbocycles. The average Bonchev–Trinajstić information content (AvgIpc) is 2.68. The topological polar surface area (TPSA) is 26.3 Å². The van der Waals surface area contributed by atoms with Gasteiger partial charge in [-0.05, 0) is 19.8 Å². The minimum Gasteiger partial charge on any atom is -0.460 e. The molecule has 0 amide bonds. The number of ether oxygens (including phenoxy) is 1. The molecule has 1 aliphatic heterocycles. The maximum absolute atomic E-state index is 11.3. The molecule has 0 spiro atoms. The molecule has 2 rings (SSSR count). The van der Waals surface area contributed by atoms with Gasteiger partial charge in [0.05, 0.1) is 4.58 Å². The number of hydrogen-bond acceptors (Lipinski definition) is 4. The first-order valence-corrected chi connectivity index (χ1v) is 7.69. The number of fused-ring (bicyclic) bond motifs is 1. The van der Waals surface area contributed by atoms with E-state index in [9.17, 15) is 4.79 Å². The normalized spacial score (nSPS) is 31.2. The van der Waals surface area contributed by atoms with Crippen molar-refractivity contribution >= 4 is 29.5 Å². The fourth-order valence-electron chi connectivity index (χ4n) is 2.14. The molecule has 0 aromatic rings. The molecule has 17 heavy (non-hydrogen) atoms. The first kappa shape index (κ1) is 15.0. The van der Waals surface area contributed by atoms with E-state index in [0.29, 0.717) is 16.8 Å². The fraction of sp³-hybridized carbons (Fsp3) is 0.769. The molecule has 0 bridgehead atoms. The Morgan fingerprint density at radius 1 is 1.35 bits per heavy atom. The van der Waals surface area contributed by atoms with Crippen LogP contribution in [0.15, 0.2) is 12.2 Å². The Bertz CT molecular complexity index is 283. The molecule has 0 aromatic heterocycles. The van der Waals surface area contributed by atoms with Gasteiger partial charge >= 0.3 is 5.97 Å². The van der Waals surface area contributed by atoms with E-state index in [1.807, 2.05) is 23.5 Å². The third-order valence-electron chi connectivity index (χ3n) is 2.99. The Labute approximate surface area is 114 Å². The van der Waals surface area contributed by atoms with E-state index in [2.05, 4.69) is 6.58 Å². The molecule has 0 N–H and O–H groups in total. The molecule has 1 aliphatic carbocycles. The lowest BCUT2D eigenvalue weighted by Gasteiger charge is -2.22. The van der Waals surface area contributed by atoms with E-state index >= 15 is 0 Å². The largest absolute Gasteiger partial charge is 0.460 e.